The van der Waals surface area contributed by atoms with Crippen LogP contribution in [0.4, 0.5) is 0 Å². The van der Waals surface area contributed by atoms with Crippen LogP contribution in [0.15, 0.2) is 0 Å². The van der Waals surface area contributed by atoms with Gasteiger partial charge in [0.15, 0.2) is 0 Å². The van der Waals surface area contributed by atoms with Crippen molar-refractivity contribution in [2.45, 2.75) is 11.9 Å². The first-order chi connectivity index (χ1) is 3.98. The Labute approximate surface area is 86.6 Å². The number of alkyl halides is 1. The maximum absolute atomic E-state index is 9.86. The summed E-state index contributed by atoms with van der Waals surface area (Å²) in [5.41, 5.74) is -1.85. The van der Waals surface area contributed by atoms with Crippen LogP contribution >= 0.6 is 11.6 Å². The molecule has 1 N–H and O–H groups in total. The average Bonchev–Trinajstić information content (AvgIpc) is 1.64. The first kappa shape index (κ1) is 13.7. The average molecular weight is 197 g/mol. The summed E-state index contributed by atoms with van der Waals surface area (Å²) in [5, 5.41) is 8.40. The summed E-state index contributed by atoms with van der Waals surface area (Å²) in [4.78, 5) is 0. The van der Waals surface area contributed by atoms with Crippen LogP contribution < -0.4 is 29.6 Å². The van der Waals surface area contributed by atoms with Crippen molar-refractivity contribution in [1.29, 1.82) is 0 Å². The van der Waals surface area contributed by atoms with Crippen LogP contribution in [0.1, 0.15) is 6.42 Å². The van der Waals surface area contributed by atoms with Gasteiger partial charge in [0.1, 0.15) is 15.6 Å². The quantitative estimate of drug-likeness (QED) is 0.289. The summed E-state index contributed by atoms with van der Waals surface area (Å²) >= 11 is 5.04. The molecule has 0 aromatic rings. The normalized spacial score (nSPS) is 13.9. The minimum absolute atomic E-state index is 0. The molecular formula is C3H6ClNaO4S. The second-order valence-electron chi connectivity index (χ2n) is 1.43. The monoisotopic (exact) mass is 196 g/mol. The van der Waals surface area contributed by atoms with Crippen molar-refractivity contribution in [1.82, 2.24) is 0 Å². The molecule has 7 heteroatoms. The van der Waals surface area contributed by atoms with Gasteiger partial charge in [0.05, 0.1) is 0 Å². The van der Waals surface area contributed by atoms with E-state index in [2.05, 4.69) is 0 Å². The fraction of sp³-hybridized carbons (Fsp3) is 1.00. The predicted molar refractivity (Wildman–Crippen MR) is 31.0 cm³/mol. The first-order valence-electron chi connectivity index (χ1n) is 2.17. The molecule has 1 unspecified atom stereocenters. The molecule has 0 saturated heterocycles. The predicted octanol–water partition coefficient (Wildman–Crippen LogP) is -3.52. The van der Waals surface area contributed by atoms with E-state index in [-0.39, 0.29) is 41.9 Å². The van der Waals surface area contributed by atoms with E-state index < -0.39 is 15.6 Å². The number of hydrogen-bond acceptors (Lipinski definition) is 4. The van der Waals surface area contributed by atoms with Crippen LogP contribution in [0.5, 0.6) is 0 Å². The van der Waals surface area contributed by atoms with E-state index in [0.717, 1.165) is 0 Å². The van der Waals surface area contributed by atoms with E-state index in [1.165, 1.54) is 0 Å². The minimum atomic E-state index is -4.54. The van der Waals surface area contributed by atoms with E-state index in [0.29, 0.717) is 0 Å². The SMILES string of the molecule is O=S(=O)([O-])C(O)CCCl.[Na+]. The van der Waals surface area contributed by atoms with E-state index in [4.69, 9.17) is 16.7 Å². The van der Waals surface area contributed by atoms with Crippen LogP contribution in [0, 0.1) is 0 Å². The Morgan fingerprint density at radius 2 is 2.00 bits per heavy atom. The van der Waals surface area contributed by atoms with Crippen LogP contribution in [-0.4, -0.2) is 29.4 Å². The molecule has 0 bridgehead atoms. The van der Waals surface area contributed by atoms with Gasteiger partial charge in [-0.05, 0) is 0 Å². The van der Waals surface area contributed by atoms with Crippen molar-refractivity contribution >= 4 is 21.7 Å². The zero-order chi connectivity index (χ0) is 7.49. The third-order valence-electron chi connectivity index (χ3n) is 0.689. The fourth-order valence-corrected chi connectivity index (χ4v) is 0.980. The van der Waals surface area contributed by atoms with Gasteiger partial charge in [-0.1, -0.05) is 0 Å². The maximum atomic E-state index is 9.86. The summed E-state index contributed by atoms with van der Waals surface area (Å²) in [7, 11) is -4.54. The Hall–Kier alpha value is 1.16. The molecule has 0 fully saturated rings. The molecule has 0 heterocycles. The maximum Gasteiger partial charge on any atom is 1.00 e. The summed E-state index contributed by atoms with van der Waals surface area (Å²) < 4.78 is 29.6. The standard InChI is InChI=1S/C3H7ClO4S.Na/c4-2-1-3(5)9(6,7)8;/h3,5H,1-2H2,(H,6,7,8);/q;+1/p-1. The molecule has 4 nitrogen and oxygen atoms in total. The number of halogens is 1. The van der Waals surface area contributed by atoms with Crippen molar-refractivity contribution in [2.24, 2.45) is 0 Å². The van der Waals surface area contributed by atoms with E-state index >= 15 is 0 Å². The summed E-state index contributed by atoms with van der Waals surface area (Å²) in [6.07, 6.45) is -0.215. The minimum Gasteiger partial charge on any atom is -0.746 e. The Bertz CT molecular complexity index is 167. The molecule has 0 aliphatic rings. The van der Waals surface area contributed by atoms with Gasteiger partial charge in [-0.3, -0.25) is 0 Å². The molecule has 0 aromatic heterocycles. The van der Waals surface area contributed by atoms with E-state index in [1.807, 2.05) is 0 Å². The first-order valence-corrected chi connectivity index (χ1v) is 4.18. The van der Waals surface area contributed by atoms with Gasteiger partial charge in [0.2, 0.25) is 0 Å². The van der Waals surface area contributed by atoms with Gasteiger partial charge in [0.25, 0.3) is 0 Å². The summed E-state index contributed by atoms with van der Waals surface area (Å²) in [6.45, 7) is 0. The van der Waals surface area contributed by atoms with Crippen LogP contribution in [-0.2, 0) is 10.1 Å². The molecule has 56 valence electrons. The van der Waals surface area contributed by atoms with Gasteiger partial charge in [0, 0.05) is 12.3 Å². The largest absolute Gasteiger partial charge is 1.00 e. The molecular weight excluding hydrogens is 191 g/mol. The summed E-state index contributed by atoms with van der Waals surface area (Å²) in [6, 6.07) is 0. The molecule has 0 aliphatic carbocycles. The van der Waals surface area contributed by atoms with Gasteiger partial charge in [-0.25, -0.2) is 8.42 Å². The molecule has 0 rings (SSSR count). The Balaban J connectivity index is 0. The van der Waals surface area contributed by atoms with Crippen LogP contribution in [0.25, 0.3) is 0 Å². The Morgan fingerprint density at radius 3 is 2.10 bits per heavy atom. The molecule has 0 amide bonds. The zero-order valence-electron chi connectivity index (χ0n) is 5.45. The number of rotatable bonds is 3. The van der Waals surface area contributed by atoms with Gasteiger partial charge in [-0.15, -0.1) is 11.6 Å². The van der Waals surface area contributed by atoms with Crippen LogP contribution in [0.3, 0.4) is 0 Å². The Kier molecular flexibility index (Phi) is 7.92. The van der Waals surface area contributed by atoms with E-state index in [1.54, 1.807) is 0 Å². The van der Waals surface area contributed by atoms with Gasteiger partial charge in [-0.2, -0.15) is 0 Å². The van der Waals surface area contributed by atoms with Gasteiger partial charge < -0.3 is 9.66 Å². The Morgan fingerprint density at radius 1 is 1.60 bits per heavy atom. The second kappa shape index (κ2) is 5.77. The second-order valence-corrected chi connectivity index (χ2v) is 3.33. The van der Waals surface area contributed by atoms with Crippen molar-refractivity contribution in [3.63, 3.8) is 0 Å². The summed E-state index contributed by atoms with van der Waals surface area (Å²) in [5.74, 6) is -0.0391. The van der Waals surface area contributed by atoms with E-state index in [9.17, 15) is 13.0 Å². The number of aliphatic hydroxyl groups excluding tert-OH is 1. The van der Waals surface area contributed by atoms with Gasteiger partial charge >= 0.3 is 29.6 Å². The molecule has 0 radical (unpaired) electrons. The molecule has 0 aliphatic heterocycles. The third-order valence-corrected chi connectivity index (χ3v) is 1.81. The molecule has 1 atom stereocenters. The molecule has 0 spiro atoms. The number of aliphatic hydroxyl groups is 1. The topological polar surface area (TPSA) is 77.4 Å². The smallest absolute Gasteiger partial charge is 0.746 e. The fourth-order valence-electron chi connectivity index (χ4n) is 0.238. The van der Waals surface area contributed by atoms with Crippen molar-refractivity contribution in [2.75, 3.05) is 5.88 Å². The molecule has 0 saturated carbocycles. The zero-order valence-corrected chi connectivity index (χ0v) is 9.02. The molecule has 10 heavy (non-hydrogen) atoms. The van der Waals surface area contributed by atoms with Crippen molar-refractivity contribution in [3.8, 4) is 0 Å². The van der Waals surface area contributed by atoms with Crippen LogP contribution in [0.2, 0.25) is 0 Å². The number of hydrogen-bond donors (Lipinski definition) is 1. The van der Waals surface area contributed by atoms with Crippen molar-refractivity contribution in [3.05, 3.63) is 0 Å². The van der Waals surface area contributed by atoms with Crippen molar-refractivity contribution < 1.29 is 47.6 Å². The molecule has 0 aromatic carbocycles. The third kappa shape index (κ3) is 5.91.